The summed E-state index contributed by atoms with van der Waals surface area (Å²) in [5.74, 6) is 0. The van der Waals surface area contributed by atoms with Crippen molar-refractivity contribution < 1.29 is 0 Å². The summed E-state index contributed by atoms with van der Waals surface area (Å²) < 4.78 is 0. The quantitative estimate of drug-likeness (QED) is 0.625. The molecule has 2 nitrogen and oxygen atoms in total. The number of rotatable bonds is 1. The van der Waals surface area contributed by atoms with Crippen LogP contribution in [0, 0.1) is 12.1 Å². The fourth-order valence-electron chi connectivity index (χ4n) is 0.966. The average molecular weight is 154 g/mol. The Morgan fingerprint density at radius 2 is 1.33 bits per heavy atom. The Morgan fingerprint density at radius 3 is 1.67 bits per heavy atom. The van der Waals surface area contributed by atoms with Crippen LogP contribution in [0.2, 0.25) is 0 Å². The molecule has 2 aromatic heterocycles. The van der Waals surface area contributed by atoms with Crippen LogP contribution in [0.5, 0.6) is 0 Å². The number of pyridine rings is 2. The van der Waals surface area contributed by atoms with Gasteiger partial charge < -0.3 is 0 Å². The number of nitrogens with zero attached hydrogens (tertiary/aromatic N) is 2. The van der Waals surface area contributed by atoms with Crippen molar-refractivity contribution in [3.8, 4) is 11.1 Å². The minimum atomic E-state index is 0.993. The van der Waals surface area contributed by atoms with Crippen molar-refractivity contribution in [1.82, 2.24) is 9.97 Å². The van der Waals surface area contributed by atoms with E-state index in [-0.39, 0.29) is 0 Å². The van der Waals surface area contributed by atoms with Crippen molar-refractivity contribution in [2.75, 3.05) is 0 Å². The van der Waals surface area contributed by atoms with Crippen LogP contribution >= 0.6 is 0 Å². The molecule has 2 heterocycles. The summed E-state index contributed by atoms with van der Waals surface area (Å²) in [7, 11) is 0. The Labute approximate surface area is 70.9 Å². The van der Waals surface area contributed by atoms with Crippen LogP contribution in [0.25, 0.3) is 11.1 Å². The summed E-state index contributed by atoms with van der Waals surface area (Å²) in [6.07, 6.45) is 6.76. The lowest BCUT2D eigenvalue weighted by Crippen LogP contribution is -1.79. The molecule has 56 valence electrons. The van der Waals surface area contributed by atoms with Crippen molar-refractivity contribution in [3.63, 3.8) is 0 Å². The highest BCUT2D eigenvalue weighted by Crippen LogP contribution is 2.14. The standard InChI is InChI=1S/C10H6N2/c1-5-11-6-2-9(1)10-3-7-12-8-4-10/h1,3,5-8H. The van der Waals surface area contributed by atoms with Gasteiger partial charge in [0.1, 0.15) is 0 Å². The van der Waals surface area contributed by atoms with Gasteiger partial charge in [0.15, 0.2) is 0 Å². The molecule has 0 aliphatic carbocycles. The fraction of sp³-hybridized carbons (Fsp3) is 0. The molecule has 2 heteroatoms. The van der Waals surface area contributed by atoms with E-state index in [9.17, 15) is 0 Å². The molecule has 0 spiro atoms. The second-order valence-electron chi connectivity index (χ2n) is 2.30. The summed E-state index contributed by atoms with van der Waals surface area (Å²) in [6, 6.07) is 9.82. The van der Waals surface area contributed by atoms with Crippen molar-refractivity contribution in [2.45, 2.75) is 0 Å². The molecule has 0 aliphatic rings. The molecule has 2 radical (unpaired) electrons. The molecule has 2 rings (SSSR count). The van der Waals surface area contributed by atoms with E-state index in [1.54, 1.807) is 24.8 Å². The van der Waals surface area contributed by atoms with E-state index in [0.29, 0.717) is 0 Å². The molecule has 0 bridgehead atoms. The van der Waals surface area contributed by atoms with Gasteiger partial charge in [-0.05, 0) is 23.3 Å². The van der Waals surface area contributed by atoms with Gasteiger partial charge in [-0.2, -0.15) is 0 Å². The second kappa shape index (κ2) is 3.13. The van der Waals surface area contributed by atoms with Crippen LogP contribution in [0.15, 0.2) is 36.9 Å². The Bertz CT molecular complexity index is 305. The maximum Gasteiger partial charge on any atom is 0.0353 e. The SMILES string of the molecule is [c]1cnccc1-c1[c]cncc1. The highest BCUT2D eigenvalue weighted by Gasteiger charge is 1.94. The Kier molecular flexibility index (Phi) is 1.82. The molecular weight excluding hydrogens is 148 g/mol. The summed E-state index contributed by atoms with van der Waals surface area (Å²) in [6.45, 7) is 0. The van der Waals surface area contributed by atoms with Crippen molar-refractivity contribution >= 4 is 0 Å². The molecule has 0 aliphatic heterocycles. The molecule has 2 aromatic rings. The van der Waals surface area contributed by atoms with E-state index in [1.165, 1.54) is 0 Å². The van der Waals surface area contributed by atoms with Crippen LogP contribution in [0.3, 0.4) is 0 Å². The molecule has 0 saturated carbocycles. The van der Waals surface area contributed by atoms with Crippen LogP contribution in [0.4, 0.5) is 0 Å². The van der Waals surface area contributed by atoms with E-state index in [1.807, 2.05) is 12.1 Å². The first kappa shape index (κ1) is 6.98. The minimum Gasteiger partial charge on any atom is -0.264 e. The summed E-state index contributed by atoms with van der Waals surface area (Å²) in [4.78, 5) is 7.77. The van der Waals surface area contributed by atoms with Gasteiger partial charge >= 0.3 is 0 Å². The lowest BCUT2D eigenvalue weighted by Gasteiger charge is -1.96. The van der Waals surface area contributed by atoms with E-state index in [0.717, 1.165) is 11.1 Å². The molecule has 0 N–H and O–H groups in total. The van der Waals surface area contributed by atoms with Crippen LogP contribution in [-0.4, -0.2) is 9.97 Å². The lowest BCUT2D eigenvalue weighted by molar-refractivity contribution is 1.30. The van der Waals surface area contributed by atoms with Gasteiger partial charge in [0, 0.05) is 36.9 Å². The lowest BCUT2D eigenvalue weighted by atomic mass is 10.1. The first-order valence-electron chi connectivity index (χ1n) is 3.60. The minimum absolute atomic E-state index is 0.993. The Balaban J connectivity index is 2.46. The zero-order valence-corrected chi connectivity index (χ0v) is 6.36. The summed E-state index contributed by atoms with van der Waals surface area (Å²) in [5.41, 5.74) is 1.99. The van der Waals surface area contributed by atoms with Crippen molar-refractivity contribution in [2.24, 2.45) is 0 Å². The van der Waals surface area contributed by atoms with E-state index in [4.69, 9.17) is 0 Å². The maximum atomic E-state index is 3.89. The average Bonchev–Trinajstić information content (AvgIpc) is 2.21. The predicted octanol–water partition coefficient (Wildman–Crippen LogP) is 1.74. The van der Waals surface area contributed by atoms with Crippen LogP contribution in [0.1, 0.15) is 0 Å². The third-order valence-electron chi connectivity index (χ3n) is 1.53. The second-order valence-corrected chi connectivity index (χ2v) is 2.30. The van der Waals surface area contributed by atoms with Gasteiger partial charge in [-0.25, -0.2) is 0 Å². The summed E-state index contributed by atoms with van der Waals surface area (Å²) >= 11 is 0. The Hall–Kier alpha value is -1.70. The number of hydrogen-bond acceptors (Lipinski definition) is 2. The first-order valence-corrected chi connectivity index (χ1v) is 3.60. The first-order chi connectivity index (χ1) is 5.97. The van der Waals surface area contributed by atoms with Crippen molar-refractivity contribution in [3.05, 3.63) is 49.1 Å². The number of hydrogen-bond donors (Lipinski definition) is 0. The zero-order valence-electron chi connectivity index (χ0n) is 6.36. The highest BCUT2D eigenvalue weighted by molar-refractivity contribution is 5.60. The van der Waals surface area contributed by atoms with Gasteiger partial charge in [0.2, 0.25) is 0 Å². The third kappa shape index (κ3) is 1.32. The fourth-order valence-corrected chi connectivity index (χ4v) is 0.966. The molecule has 0 saturated heterocycles. The van der Waals surface area contributed by atoms with Gasteiger partial charge in [0.25, 0.3) is 0 Å². The zero-order chi connectivity index (χ0) is 8.23. The molecule has 0 aromatic carbocycles. The Morgan fingerprint density at radius 1 is 0.833 bits per heavy atom. The molecular formula is C10H6N2. The van der Waals surface area contributed by atoms with E-state index >= 15 is 0 Å². The van der Waals surface area contributed by atoms with Crippen molar-refractivity contribution in [1.29, 1.82) is 0 Å². The van der Waals surface area contributed by atoms with Gasteiger partial charge in [-0.3, -0.25) is 9.97 Å². The third-order valence-corrected chi connectivity index (χ3v) is 1.53. The predicted molar refractivity (Wildman–Crippen MR) is 45.1 cm³/mol. The highest BCUT2D eigenvalue weighted by atomic mass is 14.6. The van der Waals surface area contributed by atoms with E-state index in [2.05, 4.69) is 22.1 Å². The number of aromatic nitrogens is 2. The summed E-state index contributed by atoms with van der Waals surface area (Å²) in [5, 5.41) is 0. The van der Waals surface area contributed by atoms with Gasteiger partial charge in [-0.1, -0.05) is 0 Å². The molecule has 12 heavy (non-hydrogen) atoms. The maximum absolute atomic E-state index is 3.89. The van der Waals surface area contributed by atoms with Gasteiger partial charge in [0.05, 0.1) is 0 Å². The van der Waals surface area contributed by atoms with Crippen LogP contribution < -0.4 is 0 Å². The largest absolute Gasteiger partial charge is 0.264 e. The molecule has 0 atom stereocenters. The monoisotopic (exact) mass is 154 g/mol. The van der Waals surface area contributed by atoms with Gasteiger partial charge in [-0.15, -0.1) is 0 Å². The molecule has 0 amide bonds. The topological polar surface area (TPSA) is 25.8 Å². The van der Waals surface area contributed by atoms with E-state index < -0.39 is 0 Å². The molecule has 0 unspecified atom stereocenters. The smallest absolute Gasteiger partial charge is 0.0353 e. The van der Waals surface area contributed by atoms with Crippen LogP contribution in [-0.2, 0) is 0 Å². The normalized spacial score (nSPS) is 9.67. The molecule has 0 fully saturated rings.